The van der Waals surface area contributed by atoms with Crippen molar-refractivity contribution in [1.29, 1.82) is 0 Å². The highest BCUT2D eigenvalue weighted by Crippen LogP contribution is 2.24. The van der Waals surface area contributed by atoms with Crippen molar-refractivity contribution in [1.82, 2.24) is 15.0 Å². The van der Waals surface area contributed by atoms with Crippen LogP contribution in [0.25, 0.3) is 22.3 Å². The molecule has 2 aromatic carbocycles. The number of benzene rings is 2. The Morgan fingerprint density at radius 1 is 1.23 bits per heavy atom. The summed E-state index contributed by atoms with van der Waals surface area (Å²) in [6.45, 7) is 1.72. The number of oxazole rings is 1. The Kier molecular flexibility index (Phi) is 4.96. The number of primary amides is 1. The van der Waals surface area contributed by atoms with Crippen LogP contribution in [0.2, 0.25) is 0 Å². The van der Waals surface area contributed by atoms with Crippen molar-refractivity contribution in [2.75, 3.05) is 0 Å². The third-order valence-electron chi connectivity index (χ3n) is 4.26. The second-order valence-corrected chi connectivity index (χ2v) is 6.46. The first kappa shape index (κ1) is 19.2. The number of hydrogen-bond donors (Lipinski definition) is 2. The average molecular weight is 402 g/mol. The third kappa shape index (κ3) is 3.74. The fraction of sp³-hybridized carbons (Fsp3) is 0.0909. The number of aromatic nitrogens is 3. The molecule has 1 amide bonds. The van der Waals surface area contributed by atoms with E-state index < -0.39 is 17.8 Å². The molecule has 0 aliphatic rings. The number of carbonyl (C=O) groups excluding carboxylic acids is 1. The minimum absolute atomic E-state index is 0.00229. The van der Waals surface area contributed by atoms with Crippen LogP contribution in [0.4, 0.5) is 4.39 Å². The van der Waals surface area contributed by atoms with Crippen LogP contribution in [0.5, 0.6) is 0 Å². The van der Waals surface area contributed by atoms with Gasteiger partial charge in [0, 0.05) is 16.5 Å². The van der Waals surface area contributed by atoms with Gasteiger partial charge in [-0.25, -0.2) is 19.3 Å². The molecule has 3 N–H and O–H groups in total. The molecule has 0 aliphatic heterocycles. The number of aryl methyl sites for hydroxylation is 1. The number of aliphatic hydroxyl groups excluding tert-OH is 1. The van der Waals surface area contributed by atoms with Gasteiger partial charge in [-0.3, -0.25) is 4.79 Å². The van der Waals surface area contributed by atoms with Gasteiger partial charge in [-0.1, -0.05) is 36.1 Å². The molecule has 1 atom stereocenters. The molecule has 4 aromatic rings. The molecule has 7 nitrogen and oxygen atoms in total. The Bertz CT molecular complexity index is 1340. The zero-order valence-electron chi connectivity index (χ0n) is 15.8. The van der Waals surface area contributed by atoms with E-state index in [0.717, 1.165) is 0 Å². The van der Waals surface area contributed by atoms with Crippen LogP contribution in [0, 0.1) is 24.6 Å². The molecule has 0 saturated heterocycles. The Hall–Kier alpha value is -4.09. The largest absolute Gasteiger partial charge is 0.442 e. The highest BCUT2D eigenvalue weighted by Gasteiger charge is 2.16. The molecule has 2 heterocycles. The van der Waals surface area contributed by atoms with E-state index in [1.165, 1.54) is 24.4 Å². The maximum Gasteiger partial charge on any atom is 0.268 e. The van der Waals surface area contributed by atoms with Crippen molar-refractivity contribution in [2.45, 2.75) is 13.0 Å². The molecule has 0 saturated carbocycles. The quantitative estimate of drug-likeness (QED) is 0.509. The Morgan fingerprint density at radius 2 is 2.03 bits per heavy atom. The van der Waals surface area contributed by atoms with Crippen LogP contribution in [0.1, 0.15) is 33.8 Å². The zero-order chi connectivity index (χ0) is 21.3. The predicted octanol–water partition coefficient (Wildman–Crippen LogP) is 2.92. The lowest BCUT2D eigenvalue weighted by molar-refractivity contribution is 0.0997. The molecule has 0 bridgehead atoms. The maximum atomic E-state index is 14.3. The topological polar surface area (TPSA) is 115 Å². The predicted molar refractivity (Wildman–Crippen MR) is 107 cm³/mol. The number of amides is 1. The Labute approximate surface area is 170 Å². The summed E-state index contributed by atoms with van der Waals surface area (Å²) in [7, 11) is 0. The molecule has 30 heavy (non-hydrogen) atoms. The van der Waals surface area contributed by atoms with Gasteiger partial charge in [-0.2, -0.15) is 0 Å². The minimum Gasteiger partial charge on any atom is -0.442 e. The van der Waals surface area contributed by atoms with E-state index in [1.807, 2.05) is 0 Å². The van der Waals surface area contributed by atoms with Gasteiger partial charge in [-0.05, 0) is 25.1 Å². The number of aliphatic hydroxyl groups is 1. The van der Waals surface area contributed by atoms with Gasteiger partial charge in [-0.15, -0.1) is 0 Å². The second-order valence-electron chi connectivity index (χ2n) is 6.46. The van der Waals surface area contributed by atoms with Crippen molar-refractivity contribution in [3.8, 4) is 23.2 Å². The second kappa shape index (κ2) is 7.73. The monoisotopic (exact) mass is 402 g/mol. The van der Waals surface area contributed by atoms with Gasteiger partial charge in [0.2, 0.25) is 5.89 Å². The van der Waals surface area contributed by atoms with E-state index in [1.54, 1.807) is 31.2 Å². The van der Waals surface area contributed by atoms with Gasteiger partial charge in [0.15, 0.2) is 11.9 Å². The normalized spacial score (nSPS) is 11.7. The van der Waals surface area contributed by atoms with Gasteiger partial charge in [0.1, 0.15) is 22.8 Å². The lowest BCUT2D eigenvalue weighted by Gasteiger charge is -2.07. The molecule has 148 valence electrons. The van der Waals surface area contributed by atoms with Crippen molar-refractivity contribution >= 4 is 16.8 Å². The number of nitrogens with two attached hydrogens (primary N) is 1. The molecule has 0 radical (unpaired) electrons. The van der Waals surface area contributed by atoms with E-state index in [2.05, 4.69) is 26.8 Å². The SMILES string of the molecule is Cc1cnc(C(O)C#Cc2cccc(-c3nc(C(N)=O)c4cccc(F)c4n3)c2)o1. The summed E-state index contributed by atoms with van der Waals surface area (Å²) in [6.07, 6.45) is 0.308. The number of nitrogens with zero attached hydrogens (tertiary/aromatic N) is 3. The molecule has 2 aromatic heterocycles. The number of hydrogen-bond acceptors (Lipinski definition) is 6. The molecule has 0 fully saturated rings. The maximum absolute atomic E-state index is 14.3. The molecule has 4 rings (SSSR count). The van der Waals surface area contributed by atoms with E-state index >= 15 is 0 Å². The number of para-hydroxylation sites is 1. The average Bonchev–Trinajstić information content (AvgIpc) is 3.18. The summed E-state index contributed by atoms with van der Waals surface area (Å²) in [4.78, 5) is 24.3. The Balaban J connectivity index is 1.74. The molecule has 0 spiro atoms. The molecule has 8 heteroatoms. The van der Waals surface area contributed by atoms with E-state index in [0.29, 0.717) is 16.9 Å². The standard InChI is InChI=1S/C22H15FN4O3/c1-12-11-25-22(30-12)17(28)9-8-13-4-2-5-14(10-13)21-26-18-15(6-3-7-16(18)23)19(27-21)20(24)29/h2-7,10-11,17,28H,1H3,(H2,24,29). The lowest BCUT2D eigenvalue weighted by atomic mass is 10.1. The van der Waals surface area contributed by atoms with Crippen molar-refractivity contribution in [3.05, 3.63) is 77.4 Å². The number of fused-ring (bicyclic) bond motifs is 1. The number of carbonyl (C=O) groups is 1. The van der Waals surface area contributed by atoms with Crippen molar-refractivity contribution in [2.24, 2.45) is 5.73 Å². The van der Waals surface area contributed by atoms with Crippen LogP contribution in [-0.2, 0) is 0 Å². The highest BCUT2D eigenvalue weighted by molar-refractivity contribution is 6.04. The van der Waals surface area contributed by atoms with Gasteiger partial charge < -0.3 is 15.3 Å². The summed E-state index contributed by atoms with van der Waals surface area (Å²) in [6, 6.07) is 11.0. The highest BCUT2D eigenvalue weighted by atomic mass is 19.1. The van der Waals surface area contributed by atoms with Crippen molar-refractivity contribution < 1.29 is 18.7 Å². The smallest absolute Gasteiger partial charge is 0.268 e. The minimum atomic E-state index is -1.19. The summed E-state index contributed by atoms with van der Waals surface area (Å²) in [5.74, 6) is 4.92. The van der Waals surface area contributed by atoms with Crippen LogP contribution in [0.15, 0.2) is 53.1 Å². The van der Waals surface area contributed by atoms with E-state index in [-0.39, 0.29) is 28.3 Å². The first-order valence-electron chi connectivity index (χ1n) is 8.91. The molecule has 0 aliphatic carbocycles. The fourth-order valence-corrected chi connectivity index (χ4v) is 2.88. The molecule has 1 unspecified atom stereocenters. The van der Waals surface area contributed by atoms with Crippen LogP contribution in [-0.4, -0.2) is 26.0 Å². The summed E-state index contributed by atoms with van der Waals surface area (Å²) >= 11 is 0. The van der Waals surface area contributed by atoms with Gasteiger partial charge in [0.05, 0.1) is 6.20 Å². The van der Waals surface area contributed by atoms with Crippen molar-refractivity contribution in [3.63, 3.8) is 0 Å². The number of halogens is 1. The van der Waals surface area contributed by atoms with Crippen LogP contribution in [0.3, 0.4) is 0 Å². The lowest BCUT2D eigenvalue weighted by Crippen LogP contribution is -2.15. The number of rotatable bonds is 3. The summed E-state index contributed by atoms with van der Waals surface area (Å²) in [5, 5.41) is 10.3. The van der Waals surface area contributed by atoms with Gasteiger partial charge in [0.25, 0.3) is 5.91 Å². The Morgan fingerprint density at radius 3 is 2.77 bits per heavy atom. The first-order chi connectivity index (χ1) is 14.4. The fourth-order valence-electron chi connectivity index (χ4n) is 2.88. The molecular formula is C22H15FN4O3. The zero-order valence-corrected chi connectivity index (χ0v) is 15.8. The van der Waals surface area contributed by atoms with Crippen LogP contribution < -0.4 is 5.73 Å². The third-order valence-corrected chi connectivity index (χ3v) is 4.26. The summed E-state index contributed by atoms with van der Waals surface area (Å²) < 4.78 is 19.5. The molecular weight excluding hydrogens is 387 g/mol. The van der Waals surface area contributed by atoms with E-state index in [9.17, 15) is 14.3 Å². The van der Waals surface area contributed by atoms with E-state index in [4.69, 9.17) is 10.2 Å². The van der Waals surface area contributed by atoms with Crippen LogP contribution >= 0.6 is 0 Å². The summed E-state index contributed by atoms with van der Waals surface area (Å²) in [5.41, 5.74) is 6.42. The van der Waals surface area contributed by atoms with Gasteiger partial charge >= 0.3 is 0 Å². The first-order valence-corrected chi connectivity index (χ1v) is 8.91.